The van der Waals surface area contributed by atoms with Crippen LogP contribution in [0.4, 0.5) is 5.82 Å². The number of thioether (sulfide) groups is 1. The monoisotopic (exact) mass is 492 g/mol. The van der Waals surface area contributed by atoms with E-state index in [1.807, 2.05) is 38.1 Å². The Hall–Kier alpha value is -4.19. The molecule has 0 spiro atoms. The summed E-state index contributed by atoms with van der Waals surface area (Å²) in [5, 5.41) is 29.4. The fourth-order valence-electron chi connectivity index (χ4n) is 3.23. The summed E-state index contributed by atoms with van der Waals surface area (Å²) < 4.78 is 6.05. The summed E-state index contributed by atoms with van der Waals surface area (Å²) in [6.07, 6.45) is 1.46. The Labute approximate surface area is 205 Å². The second kappa shape index (κ2) is 10.8. The van der Waals surface area contributed by atoms with Gasteiger partial charge in [0.2, 0.25) is 11.6 Å². The number of aromatic nitrogens is 5. The quantitative estimate of drug-likeness (QED) is 0.181. The van der Waals surface area contributed by atoms with E-state index in [0.717, 1.165) is 22.4 Å². The summed E-state index contributed by atoms with van der Waals surface area (Å²) in [6.45, 7) is 4.03. The van der Waals surface area contributed by atoms with Crippen molar-refractivity contribution in [1.29, 1.82) is 0 Å². The molecule has 0 bridgehead atoms. The fraction of sp³-hybridized carbons (Fsp3) is 0.217. The number of nitrogens with zero attached hydrogens (tertiary/aromatic N) is 6. The third kappa shape index (κ3) is 5.66. The zero-order chi connectivity index (χ0) is 24.8. The minimum atomic E-state index is -0.529. The maximum atomic E-state index is 13.1. The van der Waals surface area contributed by atoms with Gasteiger partial charge in [-0.3, -0.25) is 4.79 Å². The number of anilines is 1. The van der Waals surface area contributed by atoms with Crippen LogP contribution in [0, 0.1) is 6.92 Å². The molecule has 4 rings (SSSR count). The Morgan fingerprint density at radius 2 is 1.91 bits per heavy atom. The number of amides is 1. The van der Waals surface area contributed by atoms with Crippen molar-refractivity contribution in [2.24, 2.45) is 5.10 Å². The van der Waals surface area contributed by atoms with E-state index in [-0.39, 0.29) is 23.1 Å². The summed E-state index contributed by atoms with van der Waals surface area (Å²) in [7, 11) is 0. The lowest BCUT2D eigenvalue weighted by atomic mass is 10.1. The molecule has 0 saturated carbocycles. The zero-order valence-corrected chi connectivity index (χ0v) is 20.0. The number of benzene rings is 2. The molecule has 0 fully saturated rings. The number of phenols is 1. The van der Waals surface area contributed by atoms with Crippen LogP contribution in [0.3, 0.4) is 0 Å². The van der Waals surface area contributed by atoms with E-state index in [1.54, 1.807) is 24.3 Å². The Morgan fingerprint density at radius 3 is 2.57 bits per heavy atom. The third-order valence-electron chi connectivity index (χ3n) is 5.05. The first-order valence-corrected chi connectivity index (χ1v) is 11.8. The maximum absolute atomic E-state index is 13.1. The standard InChI is InChI=1S/C23H24N8O3S/c1-3-4-18(15-7-9-16(32)10-8-15)25-27-23(33)20-19(13-35-17-11-5-14(2)6-12-17)31(30-26-20)22-21(24)28-34-29-22/h5-12,32H,3-4,13H2,1-2H3,(H2,24,28)(H,27,33)/b25-18+. The third-order valence-corrected chi connectivity index (χ3v) is 6.07. The summed E-state index contributed by atoms with van der Waals surface area (Å²) in [5.74, 6) is 0.157. The van der Waals surface area contributed by atoms with Gasteiger partial charge in [-0.1, -0.05) is 36.3 Å². The number of hydrogen-bond acceptors (Lipinski definition) is 10. The second-order valence-corrected chi connectivity index (χ2v) is 8.72. The molecule has 11 nitrogen and oxygen atoms in total. The van der Waals surface area contributed by atoms with E-state index in [9.17, 15) is 9.90 Å². The van der Waals surface area contributed by atoms with Gasteiger partial charge < -0.3 is 10.8 Å². The molecule has 35 heavy (non-hydrogen) atoms. The number of hydrogen-bond donors (Lipinski definition) is 3. The van der Waals surface area contributed by atoms with Crippen molar-refractivity contribution in [3.8, 4) is 11.6 Å². The number of carbonyl (C=O) groups is 1. The lowest BCUT2D eigenvalue weighted by Gasteiger charge is -2.08. The number of aromatic hydroxyl groups is 1. The lowest BCUT2D eigenvalue weighted by molar-refractivity contribution is 0.0949. The molecule has 2 aromatic carbocycles. The Morgan fingerprint density at radius 1 is 1.17 bits per heavy atom. The van der Waals surface area contributed by atoms with Crippen molar-refractivity contribution in [3.63, 3.8) is 0 Å². The zero-order valence-electron chi connectivity index (χ0n) is 19.2. The number of phenolic OH excluding ortho intramolecular Hbond substituents is 1. The second-order valence-electron chi connectivity index (χ2n) is 7.67. The van der Waals surface area contributed by atoms with Crippen LogP contribution in [0.2, 0.25) is 0 Å². The van der Waals surface area contributed by atoms with Crippen LogP contribution in [0.15, 0.2) is 63.2 Å². The van der Waals surface area contributed by atoms with Crippen molar-refractivity contribution >= 4 is 29.2 Å². The minimum Gasteiger partial charge on any atom is -0.508 e. The van der Waals surface area contributed by atoms with Crippen molar-refractivity contribution in [1.82, 2.24) is 30.7 Å². The van der Waals surface area contributed by atoms with Gasteiger partial charge in [-0.15, -0.1) is 16.9 Å². The maximum Gasteiger partial charge on any atom is 0.293 e. The minimum absolute atomic E-state index is 0.0269. The van der Waals surface area contributed by atoms with Crippen LogP contribution in [0.1, 0.15) is 47.1 Å². The first-order chi connectivity index (χ1) is 17.0. The molecule has 1 amide bonds. The molecule has 0 aliphatic rings. The van der Waals surface area contributed by atoms with Crippen LogP contribution in [-0.2, 0) is 5.75 Å². The van der Waals surface area contributed by atoms with Gasteiger partial charge in [0.25, 0.3) is 5.91 Å². The first-order valence-electron chi connectivity index (χ1n) is 10.8. The van der Waals surface area contributed by atoms with Crippen molar-refractivity contribution < 1.29 is 14.5 Å². The van der Waals surface area contributed by atoms with Crippen LogP contribution in [0.25, 0.3) is 5.82 Å². The molecule has 0 aliphatic carbocycles. The lowest BCUT2D eigenvalue weighted by Crippen LogP contribution is -2.22. The molecule has 0 unspecified atom stereocenters. The van der Waals surface area contributed by atoms with Gasteiger partial charge in [0.15, 0.2) is 5.69 Å². The number of carbonyl (C=O) groups excluding carboxylic acids is 1. The topological polar surface area (TPSA) is 157 Å². The van der Waals surface area contributed by atoms with E-state index < -0.39 is 5.91 Å². The van der Waals surface area contributed by atoms with E-state index >= 15 is 0 Å². The van der Waals surface area contributed by atoms with Gasteiger partial charge in [0.05, 0.1) is 11.4 Å². The molecule has 2 heterocycles. The number of rotatable bonds is 9. The van der Waals surface area contributed by atoms with E-state index in [1.165, 1.54) is 16.4 Å². The number of aryl methyl sites for hydroxylation is 1. The Kier molecular flexibility index (Phi) is 7.41. The first kappa shape index (κ1) is 24.0. The molecule has 0 saturated heterocycles. The van der Waals surface area contributed by atoms with Gasteiger partial charge in [-0.25, -0.2) is 10.1 Å². The predicted molar refractivity (Wildman–Crippen MR) is 131 cm³/mol. The molecule has 4 aromatic rings. The summed E-state index contributed by atoms with van der Waals surface area (Å²) in [6, 6.07) is 14.7. The molecule has 0 radical (unpaired) electrons. The molecule has 0 aliphatic heterocycles. The molecule has 2 aromatic heterocycles. The summed E-state index contributed by atoms with van der Waals surface area (Å²) in [4.78, 5) is 14.1. The van der Waals surface area contributed by atoms with E-state index in [4.69, 9.17) is 10.4 Å². The Bertz CT molecular complexity index is 1330. The highest BCUT2D eigenvalue weighted by Crippen LogP contribution is 2.26. The van der Waals surface area contributed by atoms with Gasteiger partial charge >= 0.3 is 0 Å². The van der Waals surface area contributed by atoms with Crippen molar-refractivity contribution in [2.45, 2.75) is 37.3 Å². The van der Waals surface area contributed by atoms with Crippen molar-refractivity contribution in [2.75, 3.05) is 5.73 Å². The molecule has 12 heteroatoms. The van der Waals surface area contributed by atoms with Gasteiger partial charge in [0, 0.05) is 10.6 Å². The summed E-state index contributed by atoms with van der Waals surface area (Å²) >= 11 is 1.51. The van der Waals surface area contributed by atoms with E-state index in [2.05, 4.69) is 31.2 Å². The molecule has 4 N–H and O–H groups in total. The van der Waals surface area contributed by atoms with Gasteiger partial charge in [0.1, 0.15) is 5.75 Å². The molecular weight excluding hydrogens is 468 g/mol. The van der Waals surface area contributed by atoms with Crippen LogP contribution < -0.4 is 11.2 Å². The highest BCUT2D eigenvalue weighted by Gasteiger charge is 2.24. The fourth-order valence-corrected chi connectivity index (χ4v) is 4.12. The number of hydrazone groups is 1. The number of nitrogens with one attached hydrogen (secondary N) is 1. The summed E-state index contributed by atoms with van der Waals surface area (Å²) in [5.41, 5.74) is 11.6. The van der Waals surface area contributed by atoms with Crippen LogP contribution in [-0.4, -0.2) is 42.0 Å². The molecule has 0 atom stereocenters. The van der Waals surface area contributed by atoms with Crippen molar-refractivity contribution in [3.05, 3.63) is 71.0 Å². The normalized spacial score (nSPS) is 11.5. The number of nitrogens with two attached hydrogens (primary N) is 1. The highest BCUT2D eigenvalue weighted by atomic mass is 32.2. The largest absolute Gasteiger partial charge is 0.508 e. The molecular formula is C23H24N8O3S. The molecule has 180 valence electrons. The van der Waals surface area contributed by atoms with Crippen LogP contribution >= 0.6 is 11.8 Å². The smallest absolute Gasteiger partial charge is 0.293 e. The average molecular weight is 493 g/mol. The SMILES string of the molecule is CCC/C(=N\NC(=O)c1nnn(-c2nonc2N)c1CSc1ccc(C)cc1)c1ccc(O)cc1. The van der Waals surface area contributed by atoms with Crippen LogP contribution in [0.5, 0.6) is 5.75 Å². The average Bonchev–Trinajstić information content (AvgIpc) is 3.47. The highest BCUT2D eigenvalue weighted by molar-refractivity contribution is 7.98. The van der Waals surface area contributed by atoms with Gasteiger partial charge in [-0.2, -0.15) is 9.78 Å². The Balaban J connectivity index is 1.62. The van der Waals surface area contributed by atoms with E-state index in [0.29, 0.717) is 23.6 Å². The predicted octanol–water partition coefficient (Wildman–Crippen LogP) is 3.47. The number of nitrogen functional groups attached to an aromatic ring is 1. The van der Waals surface area contributed by atoms with Gasteiger partial charge in [-0.05, 0) is 65.6 Å².